The van der Waals surface area contributed by atoms with Gasteiger partial charge in [0.25, 0.3) is 0 Å². The van der Waals surface area contributed by atoms with Gasteiger partial charge in [0.15, 0.2) is 0 Å². The maximum Gasteiger partial charge on any atom is 0.132 e. The molecule has 0 spiro atoms. The van der Waals surface area contributed by atoms with E-state index in [1.54, 1.807) is 13.4 Å². The topological polar surface area (TPSA) is 50.3 Å². The van der Waals surface area contributed by atoms with Crippen molar-refractivity contribution in [3.63, 3.8) is 0 Å². The Bertz CT molecular complexity index is 923. The lowest BCUT2D eigenvalue weighted by Gasteiger charge is -2.57. The van der Waals surface area contributed by atoms with E-state index in [1.807, 2.05) is 6.07 Å². The number of anilines is 1. The zero-order chi connectivity index (χ0) is 20.8. The van der Waals surface area contributed by atoms with Crippen molar-refractivity contribution in [3.8, 4) is 5.75 Å². The van der Waals surface area contributed by atoms with Crippen LogP contribution in [0.15, 0.2) is 30.6 Å². The van der Waals surface area contributed by atoms with Gasteiger partial charge in [0.1, 0.15) is 17.9 Å². The van der Waals surface area contributed by atoms with E-state index in [9.17, 15) is 0 Å². The second kappa shape index (κ2) is 7.77. The highest BCUT2D eigenvalue weighted by atomic mass is 16.5. The second-order valence-electron chi connectivity index (χ2n) is 10.7. The predicted molar refractivity (Wildman–Crippen MR) is 122 cm³/mol. The number of rotatable bonds is 6. The number of aromatic nitrogens is 2. The molecular weight excluding hydrogens is 384 g/mol. The third-order valence-corrected chi connectivity index (χ3v) is 8.42. The van der Waals surface area contributed by atoms with Gasteiger partial charge < -0.3 is 10.1 Å². The molecule has 5 nitrogen and oxygen atoms in total. The van der Waals surface area contributed by atoms with E-state index >= 15 is 0 Å². The van der Waals surface area contributed by atoms with Gasteiger partial charge >= 0.3 is 0 Å². The fourth-order valence-corrected chi connectivity index (χ4v) is 7.50. The molecule has 1 aromatic heterocycles. The van der Waals surface area contributed by atoms with Gasteiger partial charge in [-0.3, -0.25) is 4.90 Å². The Morgan fingerprint density at radius 3 is 2.61 bits per heavy atom. The standard InChI is InChI=1S/C26H34N4O/c1-31-22-4-2-3-18(10-22)14-30-6-5-23-24(15-30)28-17-29-25(23)27-16-26-11-19-7-20(12-26)9-21(8-19)13-26/h2-4,10,17,19-21H,5-9,11-16H2,1H3,(H,27,28,29). The normalized spacial score (nSPS) is 31.5. The van der Waals surface area contributed by atoms with E-state index in [-0.39, 0.29) is 0 Å². The largest absolute Gasteiger partial charge is 0.497 e. The van der Waals surface area contributed by atoms with Crippen LogP contribution in [0.25, 0.3) is 0 Å². The minimum absolute atomic E-state index is 0.527. The molecule has 5 heteroatoms. The molecule has 2 heterocycles. The Kier molecular flexibility index (Phi) is 4.90. The molecule has 31 heavy (non-hydrogen) atoms. The first kappa shape index (κ1) is 19.5. The number of nitrogens with zero attached hydrogens (tertiary/aromatic N) is 3. The van der Waals surface area contributed by atoms with Crippen LogP contribution in [-0.4, -0.2) is 35.1 Å². The smallest absolute Gasteiger partial charge is 0.132 e. The maximum absolute atomic E-state index is 5.38. The summed E-state index contributed by atoms with van der Waals surface area (Å²) in [6.07, 6.45) is 11.6. The van der Waals surface area contributed by atoms with Crippen LogP contribution in [0.3, 0.4) is 0 Å². The van der Waals surface area contributed by atoms with Crippen molar-refractivity contribution < 1.29 is 4.74 Å². The van der Waals surface area contributed by atoms with Gasteiger partial charge in [-0.1, -0.05) is 12.1 Å². The summed E-state index contributed by atoms with van der Waals surface area (Å²) in [7, 11) is 1.73. The number of hydrogen-bond donors (Lipinski definition) is 1. The minimum Gasteiger partial charge on any atom is -0.497 e. The molecule has 4 aliphatic carbocycles. The highest BCUT2D eigenvalue weighted by molar-refractivity contribution is 5.47. The van der Waals surface area contributed by atoms with Crippen LogP contribution in [0.4, 0.5) is 5.82 Å². The summed E-state index contributed by atoms with van der Waals surface area (Å²) >= 11 is 0. The molecule has 0 amide bonds. The summed E-state index contributed by atoms with van der Waals surface area (Å²) in [5.41, 5.74) is 4.35. The lowest BCUT2D eigenvalue weighted by molar-refractivity contribution is -0.0444. The molecule has 0 atom stereocenters. The van der Waals surface area contributed by atoms with Crippen molar-refractivity contribution in [1.29, 1.82) is 0 Å². The van der Waals surface area contributed by atoms with Crippen molar-refractivity contribution in [2.75, 3.05) is 25.5 Å². The predicted octanol–water partition coefficient (Wildman–Crippen LogP) is 4.67. The van der Waals surface area contributed by atoms with Gasteiger partial charge in [0.05, 0.1) is 12.8 Å². The van der Waals surface area contributed by atoms with Crippen molar-refractivity contribution >= 4 is 5.82 Å². The maximum atomic E-state index is 5.38. The van der Waals surface area contributed by atoms with Gasteiger partial charge in [-0.15, -0.1) is 0 Å². The molecule has 1 aromatic carbocycles. The molecule has 1 aliphatic heterocycles. The van der Waals surface area contributed by atoms with Crippen LogP contribution in [0.1, 0.15) is 55.3 Å². The Labute approximate surface area is 185 Å². The Balaban J connectivity index is 1.13. The van der Waals surface area contributed by atoms with Gasteiger partial charge in [-0.05, 0) is 85.8 Å². The highest BCUT2D eigenvalue weighted by Crippen LogP contribution is 2.59. The number of fused-ring (bicyclic) bond motifs is 1. The first-order valence-corrected chi connectivity index (χ1v) is 12.1. The third-order valence-electron chi connectivity index (χ3n) is 8.42. The van der Waals surface area contributed by atoms with E-state index in [1.165, 1.54) is 55.3 Å². The first-order valence-electron chi connectivity index (χ1n) is 12.1. The van der Waals surface area contributed by atoms with E-state index in [0.29, 0.717) is 5.41 Å². The summed E-state index contributed by atoms with van der Waals surface area (Å²) in [6, 6.07) is 8.38. The van der Waals surface area contributed by atoms with Gasteiger partial charge in [0.2, 0.25) is 0 Å². The summed E-state index contributed by atoms with van der Waals surface area (Å²) < 4.78 is 5.38. The molecule has 1 N–H and O–H groups in total. The van der Waals surface area contributed by atoms with Crippen LogP contribution in [0.5, 0.6) is 5.75 Å². The minimum atomic E-state index is 0.527. The van der Waals surface area contributed by atoms with Gasteiger partial charge in [0, 0.05) is 31.7 Å². The van der Waals surface area contributed by atoms with Crippen LogP contribution < -0.4 is 10.1 Å². The summed E-state index contributed by atoms with van der Waals surface area (Å²) in [5.74, 6) is 5.02. The Morgan fingerprint density at radius 2 is 1.87 bits per heavy atom. The van der Waals surface area contributed by atoms with Crippen molar-refractivity contribution in [2.24, 2.45) is 23.2 Å². The van der Waals surface area contributed by atoms with Crippen molar-refractivity contribution in [3.05, 3.63) is 47.4 Å². The summed E-state index contributed by atoms with van der Waals surface area (Å²) in [5, 5.41) is 3.82. The first-order chi connectivity index (χ1) is 15.2. The lowest BCUT2D eigenvalue weighted by Crippen LogP contribution is -2.49. The van der Waals surface area contributed by atoms with Crippen molar-refractivity contribution in [2.45, 2.75) is 58.0 Å². The molecule has 0 radical (unpaired) electrons. The Morgan fingerprint density at radius 1 is 1.10 bits per heavy atom. The number of nitrogens with one attached hydrogen (secondary N) is 1. The second-order valence-corrected chi connectivity index (χ2v) is 10.7. The average molecular weight is 419 g/mol. The lowest BCUT2D eigenvalue weighted by atomic mass is 9.49. The molecule has 2 aromatic rings. The number of methoxy groups -OCH3 is 1. The molecule has 4 fully saturated rings. The van der Waals surface area contributed by atoms with Crippen LogP contribution in [0, 0.1) is 23.2 Å². The number of benzene rings is 1. The molecule has 4 saturated carbocycles. The van der Waals surface area contributed by atoms with Crippen molar-refractivity contribution in [1.82, 2.24) is 14.9 Å². The number of hydrogen-bond acceptors (Lipinski definition) is 5. The van der Waals surface area contributed by atoms with Gasteiger partial charge in [-0.25, -0.2) is 9.97 Å². The number of ether oxygens (including phenoxy) is 1. The molecule has 4 bridgehead atoms. The van der Waals surface area contributed by atoms with E-state index in [4.69, 9.17) is 4.74 Å². The van der Waals surface area contributed by atoms with E-state index < -0.39 is 0 Å². The quantitative estimate of drug-likeness (QED) is 0.739. The van der Waals surface area contributed by atoms with E-state index in [2.05, 4.69) is 38.4 Å². The zero-order valence-electron chi connectivity index (χ0n) is 18.6. The van der Waals surface area contributed by atoms with E-state index in [0.717, 1.165) is 61.9 Å². The fraction of sp³-hybridized carbons (Fsp3) is 0.615. The van der Waals surface area contributed by atoms with Crippen LogP contribution >= 0.6 is 0 Å². The Hall–Kier alpha value is -2.14. The monoisotopic (exact) mass is 418 g/mol. The van der Waals surface area contributed by atoms with Crippen LogP contribution in [0.2, 0.25) is 0 Å². The molecule has 164 valence electrons. The summed E-state index contributed by atoms with van der Waals surface area (Å²) in [6.45, 7) is 3.97. The van der Waals surface area contributed by atoms with Crippen LogP contribution in [-0.2, 0) is 19.5 Å². The molecule has 5 aliphatic rings. The molecule has 0 saturated heterocycles. The zero-order valence-corrected chi connectivity index (χ0v) is 18.6. The van der Waals surface area contributed by atoms with Gasteiger partial charge in [-0.2, -0.15) is 0 Å². The summed E-state index contributed by atoms with van der Waals surface area (Å²) in [4.78, 5) is 11.8. The molecule has 0 unspecified atom stereocenters. The molecule has 7 rings (SSSR count). The SMILES string of the molecule is COc1cccc(CN2CCc3c(ncnc3NCC34CC5CC(CC(C5)C3)C4)C2)c1. The highest BCUT2D eigenvalue weighted by Gasteiger charge is 2.50. The molecular formula is C26H34N4O. The average Bonchev–Trinajstić information content (AvgIpc) is 2.77. The fourth-order valence-electron chi connectivity index (χ4n) is 7.50. The third kappa shape index (κ3) is 3.82.